The van der Waals surface area contributed by atoms with Crippen molar-refractivity contribution in [2.24, 2.45) is 0 Å². The Morgan fingerprint density at radius 1 is 1.38 bits per heavy atom. The number of piperidine rings is 1. The van der Waals surface area contributed by atoms with E-state index in [2.05, 4.69) is 15.5 Å². The highest BCUT2D eigenvalue weighted by atomic mass is 19.1. The molecule has 2 N–H and O–H groups in total. The van der Waals surface area contributed by atoms with Gasteiger partial charge in [0.1, 0.15) is 12.4 Å². The molecule has 0 aliphatic carbocycles. The van der Waals surface area contributed by atoms with Crippen LogP contribution in [0, 0.1) is 5.82 Å². The summed E-state index contributed by atoms with van der Waals surface area (Å²) >= 11 is 0. The third-order valence-electron chi connectivity index (χ3n) is 5.42. The molecule has 1 aliphatic rings. The summed E-state index contributed by atoms with van der Waals surface area (Å²) in [5.74, 6) is -0.753. The summed E-state index contributed by atoms with van der Waals surface area (Å²) in [5, 5.41) is 9.80. The first-order chi connectivity index (χ1) is 13.8. The third kappa shape index (κ3) is 4.48. The lowest BCUT2D eigenvalue weighted by molar-refractivity contribution is -0.137. The van der Waals surface area contributed by atoms with Crippen LogP contribution in [0.4, 0.5) is 10.1 Å². The monoisotopic (exact) mass is 402 g/mol. The number of anilines is 1. The molecule has 1 atom stereocenters. The van der Waals surface area contributed by atoms with Crippen molar-refractivity contribution in [1.82, 2.24) is 15.1 Å². The Bertz CT molecular complexity index is 880. The van der Waals surface area contributed by atoms with Crippen LogP contribution in [0.3, 0.4) is 0 Å². The molecule has 0 saturated carbocycles. The Hall–Kier alpha value is -2.74. The Morgan fingerprint density at radius 3 is 2.86 bits per heavy atom. The molecule has 1 aromatic heterocycles. The van der Waals surface area contributed by atoms with Crippen LogP contribution in [-0.2, 0) is 19.7 Å². The molecule has 156 valence electrons. The van der Waals surface area contributed by atoms with E-state index < -0.39 is 5.41 Å². The third-order valence-corrected chi connectivity index (χ3v) is 5.42. The zero-order valence-electron chi connectivity index (χ0n) is 17.0. The van der Waals surface area contributed by atoms with Crippen LogP contribution in [-0.4, -0.2) is 53.7 Å². The molecular formula is C21H27FN4O3. The lowest BCUT2D eigenvalue weighted by Crippen LogP contribution is -2.47. The second-order valence-electron chi connectivity index (χ2n) is 7.87. The quantitative estimate of drug-likeness (QED) is 0.778. The van der Waals surface area contributed by atoms with Crippen molar-refractivity contribution >= 4 is 17.5 Å². The van der Waals surface area contributed by atoms with Gasteiger partial charge in [-0.15, -0.1) is 0 Å². The maximum atomic E-state index is 14.3. The van der Waals surface area contributed by atoms with Crippen molar-refractivity contribution in [3.63, 3.8) is 0 Å². The normalized spacial score (nSPS) is 17.2. The number of nitrogens with one attached hydrogen (secondary N) is 2. The average molecular weight is 402 g/mol. The second-order valence-corrected chi connectivity index (χ2v) is 7.87. The van der Waals surface area contributed by atoms with Gasteiger partial charge in [0.05, 0.1) is 23.0 Å². The van der Waals surface area contributed by atoms with Gasteiger partial charge in [0, 0.05) is 31.7 Å². The van der Waals surface area contributed by atoms with Gasteiger partial charge >= 0.3 is 0 Å². The second kappa shape index (κ2) is 8.73. The van der Waals surface area contributed by atoms with E-state index in [1.807, 2.05) is 0 Å². The maximum Gasteiger partial charge on any atom is 0.250 e. The number of carbonyl (C=O) groups excluding carboxylic acids is 2. The number of aromatic nitrogens is 2. The van der Waals surface area contributed by atoms with Gasteiger partial charge in [-0.2, -0.15) is 5.10 Å². The van der Waals surface area contributed by atoms with Crippen molar-refractivity contribution in [2.75, 3.05) is 32.1 Å². The number of aromatic amines is 1. The molecule has 1 aromatic carbocycles. The molecule has 1 fully saturated rings. The molecule has 0 bridgehead atoms. The Balaban J connectivity index is 1.76. The number of ether oxygens (including phenoxy) is 1. The van der Waals surface area contributed by atoms with Crippen LogP contribution in [0.15, 0.2) is 30.5 Å². The number of H-pyrrole nitrogens is 1. The van der Waals surface area contributed by atoms with Gasteiger partial charge in [-0.05, 0) is 32.8 Å². The molecule has 2 heterocycles. The fourth-order valence-electron chi connectivity index (χ4n) is 3.90. The van der Waals surface area contributed by atoms with Gasteiger partial charge in [-0.1, -0.05) is 18.2 Å². The summed E-state index contributed by atoms with van der Waals surface area (Å²) in [4.78, 5) is 26.9. The van der Waals surface area contributed by atoms with Crippen molar-refractivity contribution in [3.05, 3.63) is 47.5 Å². The highest BCUT2D eigenvalue weighted by Crippen LogP contribution is 2.34. The number of methoxy groups -OCH3 is 1. The number of rotatable bonds is 6. The number of hydrogen-bond donors (Lipinski definition) is 2. The molecule has 8 heteroatoms. The van der Waals surface area contributed by atoms with Gasteiger partial charge < -0.3 is 15.0 Å². The number of hydrogen-bond acceptors (Lipinski definition) is 4. The molecule has 1 unspecified atom stereocenters. The largest absolute Gasteiger partial charge is 0.375 e. The van der Waals surface area contributed by atoms with E-state index in [1.165, 1.54) is 13.2 Å². The van der Waals surface area contributed by atoms with Crippen molar-refractivity contribution in [2.45, 2.75) is 38.0 Å². The van der Waals surface area contributed by atoms with E-state index >= 15 is 0 Å². The van der Waals surface area contributed by atoms with Crippen LogP contribution in [0.25, 0.3) is 0 Å². The first-order valence-electron chi connectivity index (χ1n) is 9.71. The molecule has 1 saturated heterocycles. The van der Waals surface area contributed by atoms with E-state index in [0.717, 1.165) is 18.5 Å². The summed E-state index contributed by atoms with van der Waals surface area (Å²) in [6.07, 6.45) is 3.24. The van der Waals surface area contributed by atoms with Gasteiger partial charge in [0.2, 0.25) is 11.8 Å². The highest BCUT2D eigenvalue weighted by molar-refractivity contribution is 5.92. The van der Waals surface area contributed by atoms with Crippen molar-refractivity contribution < 1.29 is 18.7 Å². The van der Waals surface area contributed by atoms with E-state index in [4.69, 9.17) is 4.74 Å². The number of benzene rings is 1. The molecule has 7 nitrogen and oxygen atoms in total. The number of amides is 2. The van der Waals surface area contributed by atoms with Gasteiger partial charge in [0.15, 0.2) is 0 Å². The molecule has 2 aromatic rings. The zero-order chi connectivity index (χ0) is 21.0. The number of carbonyl (C=O) groups is 2. The van der Waals surface area contributed by atoms with E-state index in [-0.39, 0.29) is 30.2 Å². The van der Waals surface area contributed by atoms with Crippen molar-refractivity contribution in [3.8, 4) is 0 Å². The first-order valence-corrected chi connectivity index (χ1v) is 9.71. The van der Waals surface area contributed by atoms with Crippen molar-refractivity contribution in [1.29, 1.82) is 0 Å². The van der Waals surface area contributed by atoms with Gasteiger partial charge in [-0.25, -0.2) is 4.39 Å². The van der Waals surface area contributed by atoms with Crippen LogP contribution in [0.2, 0.25) is 0 Å². The molecule has 2 amide bonds. The van der Waals surface area contributed by atoms with Crippen LogP contribution in [0.5, 0.6) is 0 Å². The van der Waals surface area contributed by atoms with E-state index in [0.29, 0.717) is 24.3 Å². The Labute approximate surface area is 169 Å². The number of halogens is 1. The maximum absolute atomic E-state index is 14.3. The first kappa shape index (κ1) is 21.0. The standard InChI is InChI=1S/C21H27FN4O3/c1-21(2,15-8-4-5-9-16(15)22)20(28)26-10-6-7-14(12-26)19-17(11-23-25-19)24-18(27)13-29-3/h4-5,8-9,11,14H,6-7,10,12-13H2,1-3H3,(H,23,25)(H,24,27). The summed E-state index contributed by atoms with van der Waals surface area (Å²) in [6, 6.07) is 6.40. The molecule has 29 heavy (non-hydrogen) atoms. The minimum Gasteiger partial charge on any atom is -0.375 e. The predicted molar refractivity (Wildman–Crippen MR) is 107 cm³/mol. The number of likely N-dealkylation sites (tertiary alicyclic amines) is 1. The molecule has 0 spiro atoms. The fourth-order valence-corrected chi connectivity index (χ4v) is 3.90. The average Bonchev–Trinajstić information content (AvgIpc) is 3.16. The lowest BCUT2D eigenvalue weighted by Gasteiger charge is -2.38. The topological polar surface area (TPSA) is 87.3 Å². The minimum absolute atomic E-state index is 0.00413. The zero-order valence-corrected chi connectivity index (χ0v) is 17.0. The summed E-state index contributed by atoms with van der Waals surface area (Å²) < 4.78 is 19.2. The molecule has 0 radical (unpaired) electrons. The fraction of sp³-hybridized carbons (Fsp3) is 0.476. The predicted octanol–water partition coefficient (Wildman–Crippen LogP) is 2.82. The molecule has 3 rings (SSSR count). The van der Waals surface area contributed by atoms with Gasteiger partial charge in [0.25, 0.3) is 0 Å². The van der Waals surface area contributed by atoms with Gasteiger partial charge in [-0.3, -0.25) is 14.7 Å². The summed E-state index contributed by atoms with van der Waals surface area (Å²) in [7, 11) is 1.46. The molecular weight excluding hydrogens is 375 g/mol. The van der Waals surface area contributed by atoms with E-state index in [1.54, 1.807) is 43.1 Å². The Morgan fingerprint density at radius 2 is 2.14 bits per heavy atom. The van der Waals surface area contributed by atoms with E-state index in [9.17, 15) is 14.0 Å². The highest BCUT2D eigenvalue weighted by Gasteiger charge is 2.38. The Kier molecular flexibility index (Phi) is 6.32. The van der Waals surface area contributed by atoms with Crippen LogP contribution >= 0.6 is 0 Å². The smallest absolute Gasteiger partial charge is 0.250 e. The summed E-state index contributed by atoms with van der Waals surface area (Å²) in [5.41, 5.74) is 0.799. The number of nitrogens with zero attached hydrogens (tertiary/aromatic N) is 2. The summed E-state index contributed by atoms with van der Waals surface area (Å²) in [6.45, 7) is 4.56. The lowest BCUT2D eigenvalue weighted by atomic mass is 9.81. The SMILES string of the molecule is COCC(=O)Nc1cn[nH]c1C1CCCN(C(=O)C(C)(C)c2ccccc2F)C1. The minimum atomic E-state index is -0.975. The van der Waals surface area contributed by atoms with Crippen LogP contribution in [0.1, 0.15) is 43.9 Å². The van der Waals surface area contributed by atoms with Crippen LogP contribution < -0.4 is 5.32 Å². The molecule has 1 aliphatic heterocycles.